The van der Waals surface area contributed by atoms with E-state index in [1.54, 1.807) is 0 Å². The molecule has 0 fully saturated rings. The smallest absolute Gasteiger partial charge is 0.239 e. The molecule has 2 N–H and O–H groups in total. The first-order valence-corrected chi connectivity index (χ1v) is 6.62. The summed E-state index contributed by atoms with van der Waals surface area (Å²) in [5.74, 6) is -0.127. The fraction of sp³-hybridized carbons (Fsp3) is 0.417. The van der Waals surface area contributed by atoms with Crippen LogP contribution < -0.4 is 10.9 Å². The maximum absolute atomic E-state index is 11.4. The molecule has 0 spiro atoms. The quantitative estimate of drug-likeness (QED) is 0.597. The van der Waals surface area contributed by atoms with E-state index in [4.69, 9.17) is 5.26 Å². The number of nitrogens with zero attached hydrogens (tertiary/aromatic N) is 3. The van der Waals surface area contributed by atoms with Crippen LogP contribution in [-0.4, -0.2) is 36.4 Å². The van der Waals surface area contributed by atoms with Gasteiger partial charge in [-0.25, -0.2) is 4.98 Å². The number of aromatic nitrogens is 1. The van der Waals surface area contributed by atoms with Gasteiger partial charge in [-0.15, -0.1) is 11.3 Å². The molecule has 0 aromatic carbocycles. The second kappa shape index (κ2) is 7.51. The van der Waals surface area contributed by atoms with Gasteiger partial charge in [0, 0.05) is 30.2 Å². The van der Waals surface area contributed by atoms with Gasteiger partial charge in [-0.1, -0.05) is 0 Å². The van der Waals surface area contributed by atoms with Crippen LogP contribution in [0, 0.1) is 18.3 Å². The first-order chi connectivity index (χ1) is 9.02. The zero-order valence-electron chi connectivity index (χ0n) is 11.2. The molecule has 0 radical (unpaired) electrons. The summed E-state index contributed by atoms with van der Waals surface area (Å²) >= 11 is 1.39. The Labute approximate surface area is 116 Å². The number of allylic oxidation sites excluding steroid dienone is 1. The fourth-order valence-corrected chi connectivity index (χ4v) is 1.96. The molecule has 102 valence electrons. The third-order valence-corrected chi connectivity index (χ3v) is 3.18. The summed E-state index contributed by atoms with van der Waals surface area (Å²) in [6.07, 6.45) is 1.85. The van der Waals surface area contributed by atoms with Crippen LogP contribution in [0.25, 0.3) is 5.57 Å². The van der Waals surface area contributed by atoms with Crippen LogP contribution in [0.2, 0.25) is 0 Å². The van der Waals surface area contributed by atoms with Crippen LogP contribution in [0.1, 0.15) is 17.1 Å². The van der Waals surface area contributed by atoms with Crippen molar-refractivity contribution in [2.45, 2.75) is 13.3 Å². The molecule has 19 heavy (non-hydrogen) atoms. The van der Waals surface area contributed by atoms with E-state index >= 15 is 0 Å². The number of aryl methyl sites for hydroxylation is 1. The molecule has 0 aliphatic carbocycles. The Morgan fingerprint density at radius 1 is 1.63 bits per heavy atom. The Balaban J connectivity index is 2.47. The van der Waals surface area contributed by atoms with Gasteiger partial charge in [0.2, 0.25) is 5.91 Å². The fourth-order valence-electron chi connectivity index (χ4n) is 1.20. The summed E-state index contributed by atoms with van der Waals surface area (Å²) in [5, 5.41) is 11.5. The molecule has 0 aliphatic heterocycles. The minimum Gasteiger partial charge on any atom is -0.309 e. The van der Waals surface area contributed by atoms with Crippen molar-refractivity contribution >= 4 is 22.8 Å². The van der Waals surface area contributed by atoms with Gasteiger partial charge in [0.25, 0.3) is 0 Å². The van der Waals surface area contributed by atoms with Crippen molar-refractivity contribution in [1.82, 2.24) is 20.7 Å². The minimum atomic E-state index is -0.127. The van der Waals surface area contributed by atoms with Crippen molar-refractivity contribution in [1.29, 1.82) is 5.26 Å². The van der Waals surface area contributed by atoms with E-state index in [9.17, 15) is 4.79 Å². The molecule has 0 bridgehead atoms. The summed E-state index contributed by atoms with van der Waals surface area (Å²) in [6, 6.07) is 2.04. The van der Waals surface area contributed by atoms with Crippen molar-refractivity contribution in [3.63, 3.8) is 0 Å². The molecule has 0 saturated heterocycles. The Morgan fingerprint density at radius 2 is 2.37 bits per heavy atom. The number of hydrazine groups is 1. The predicted octanol–water partition coefficient (Wildman–Crippen LogP) is 0.889. The number of nitrogens with one attached hydrogen (secondary N) is 2. The lowest BCUT2D eigenvalue weighted by atomic mass is 10.3. The highest BCUT2D eigenvalue weighted by Gasteiger charge is 2.05. The van der Waals surface area contributed by atoms with E-state index in [1.807, 2.05) is 37.4 Å². The SMILES string of the molecule is Cc1csc(/C(C#N)=C/NNC(=O)CCN(C)C)n1. The second-order valence-electron chi connectivity index (χ2n) is 4.21. The molecule has 1 aromatic heterocycles. The van der Waals surface area contributed by atoms with E-state index in [1.165, 1.54) is 17.5 Å². The maximum atomic E-state index is 11.4. The van der Waals surface area contributed by atoms with Crippen LogP contribution in [0.3, 0.4) is 0 Å². The number of thiazole rings is 1. The van der Waals surface area contributed by atoms with Crippen LogP contribution in [0.5, 0.6) is 0 Å². The zero-order valence-corrected chi connectivity index (χ0v) is 12.0. The van der Waals surface area contributed by atoms with Crippen LogP contribution in [0.15, 0.2) is 11.6 Å². The van der Waals surface area contributed by atoms with E-state index in [0.717, 1.165) is 5.69 Å². The molecule has 0 atom stereocenters. The zero-order chi connectivity index (χ0) is 14.3. The van der Waals surface area contributed by atoms with Crippen molar-refractivity contribution < 1.29 is 4.79 Å². The molecule has 1 heterocycles. The highest BCUT2D eigenvalue weighted by Crippen LogP contribution is 2.17. The Kier molecular flexibility index (Phi) is 5.99. The largest absolute Gasteiger partial charge is 0.309 e. The van der Waals surface area contributed by atoms with Gasteiger partial charge in [-0.3, -0.25) is 10.2 Å². The van der Waals surface area contributed by atoms with Gasteiger partial charge in [0.15, 0.2) is 0 Å². The first kappa shape index (κ1) is 15.1. The average Bonchev–Trinajstić information content (AvgIpc) is 2.78. The lowest BCUT2D eigenvalue weighted by molar-refractivity contribution is -0.122. The summed E-state index contributed by atoms with van der Waals surface area (Å²) in [5.41, 5.74) is 6.41. The van der Waals surface area contributed by atoms with Gasteiger partial charge >= 0.3 is 0 Å². The monoisotopic (exact) mass is 279 g/mol. The van der Waals surface area contributed by atoms with Gasteiger partial charge in [-0.2, -0.15) is 5.26 Å². The molecular formula is C12H17N5OS. The van der Waals surface area contributed by atoms with Gasteiger partial charge in [0.1, 0.15) is 16.6 Å². The maximum Gasteiger partial charge on any atom is 0.239 e. The number of nitriles is 1. The normalized spacial score (nSPS) is 11.2. The number of hydrogen-bond acceptors (Lipinski definition) is 6. The second-order valence-corrected chi connectivity index (χ2v) is 5.07. The third-order valence-electron chi connectivity index (χ3n) is 2.18. The molecule has 0 saturated carbocycles. The van der Waals surface area contributed by atoms with Crippen molar-refractivity contribution in [2.75, 3.05) is 20.6 Å². The van der Waals surface area contributed by atoms with Gasteiger partial charge in [-0.05, 0) is 21.0 Å². The highest BCUT2D eigenvalue weighted by atomic mass is 32.1. The number of amides is 1. The summed E-state index contributed by atoms with van der Waals surface area (Å²) in [4.78, 5) is 17.6. The summed E-state index contributed by atoms with van der Waals surface area (Å²) in [6.45, 7) is 2.54. The first-order valence-electron chi connectivity index (χ1n) is 5.75. The standard InChI is InChI=1S/C12H17N5OS/c1-9-8-19-12(15-9)10(6-13)7-14-16-11(18)4-5-17(2)3/h7-8,14H,4-5H2,1-3H3,(H,16,18)/b10-7+. The van der Waals surface area contributed by atoms with Crippen LogP contribution >= 0.6 is 11.3 Å². The van der Waals surface area contributed by atoms with Crippen LogP contribution in [0.4, 0.5) is 0 Å². The molecule has 0 aliphatic rings. The third kappa shape index (κ3) is 5.50. The lowest BCUT2D eigenvalue weighted by Gasteiger charge is -2.09. The van der Waals surface area contributed by atoms with E-state index in [-0.39, 0.29) is 5.91 Å². The minimum absolute atomic E-state index is 0.127. The Morgan fingerprint density at radius 3 is 2.89 bits per heavy atom. The van der Waals surface area contributed by atoms with Crippen LogP contribution in [-0.2, 0) is 4.79 Å². The predicted molar refractivity (Wildman–Crippen MR) is 74.9 cm³/mol. The molecule has 0 unspecified atom stereocenters. The van der Waals surface area contributed by atoms with E-state index in [0.29, 0.717) is 23.5 Å². The number of rotatable bonds is 6. The van der Waals surface area contributed by atoms with Crippen molar-refractivity contribution in [3.05, 3.63) is 22.3 Å². The number of carbonyl (C=O) groups is 1. The van der Waals surface area contributed by atoms with E-state index < -0.39 is 0 Å². The summed E-state index contributed by atoms with van der Waals surface area (Å²) in [7, 11) is 3.80. The highest BCUT2D eigenvalue weighted by molar-refractivity contribution is 7.10. The van der Waals surface area contributed by atoms with Crippen molar-refractivity contribution in [2.24, 2.45) is 0 Å². The van der Waals surface area contributed by atoms with Gasteiger partial charge in [0.05, 0.1) is 0 Å². The molecule has 1 rings (SSSR count). The Hall–Kier alpha value is -1.91. The summed E-state index contributed by atoms with van der Waals surface area (Å²) < 4.78 is 0. The Bertz CT molecular complexity index is 500. The van der Waals surface area contributed by atoms with Gasteiger partial charge < -0.3 is 10.3 Å². The lowest BCUT2D eigenvalue weighted by Crippen LogP contribution is -2.35. The molecule has 7 heteroatoms. The molecular weight excluding hydrogens is 262 g/mol. The number of hydrogen-bond donors (Lipinski definition) is 2. The van der Waals surface area contributed by atoms with Crippen molar-refractivity contribution in [3.8, 4) is 6.07 Å². The molecule has 6 nitrogen and oxygen atoms in total. The molecule has 1 amide bonds. The molecule has 1 aromatic rings. The van der Waals surface area contributed by atoms with E-state index in [2.05, 4.69) is 15.8 Å². The topological polar surface area (TPSA) is 81.0 Å². The average molecular weight is 279 g/mol. The number of carbonyl (C=O) groups excluding carboxylic acids is 1.